The molecule has 0 aliphatic carbocycles. The van der Waals surface area contributed by atoms with Crippen LogP contribution in [-0.4, -0.2) is 30.2 Å². The van der Waals surface area contributed by atoms with E-state index in [4.69, 9.17) is 8.85 Å². The first-order valence-corrected chi connectivity index (χ1v) is 13.0. The van der Waals surface area contributed by atoms with Gasteiger partial charge < -0.3 is 8.85 Å². The summed E-state index contributed by atoms with van der Waals surface area (Å²) in [6, 6.07) is 7.90. The second-order valence-corrected chi connectivity index (χ2v) is 12.2. The third kappa shape index (κ3) is 6.60. The van der Waals surface area contributed by atoms with Gasteiger partial charge in [-0.3, -0.25) is 0 Å². The predicted octanol–water partition coefficient (Wildman–Crippen LogP) is 3.85. The van der Waals surface area contributed by atoms with Crippen molar-refractivity contribution < 1.29 is 17.3 Å². The molecule has 1 aromatic carbocycles. The summed E-state index contributed by atoms with van der Waals surface area (Å²) < 4.78 is 34.3. The molecular formula is C14H23BrO4SSi. The van der Waals surface area contributed by atoms with E-state index in [9.17, 15) is 8.42 Å². The van der Waals surface area contributed by atoms with Crippen LogP contribution in [0.1, 0.15) is 25.8 Å². The molecule has 0 amide bonds. The lowest BCUT2D eigenvalue weighted by Crippen LogP contribution is -2.38. The fourth-order valence-corrected chi connectivity index (χ4v) is 5.75. The van der Waals surface area contributed by atoms with E-state index in [0.29, 0.717) is 13.2 Å². The molecule has 0 saturated carbocycles. The molecule has 0 fully saturated rings. The van der Waals surface area contributed by atoms with Gasteiger partial charge in [0.2, 0.25) is 8.27 Å². The molecule has 7 heteroatoms. The van der Waals surface area contributed by atoms with E-state index in [-0.39, 0.29) is 4.90 Å². The highest BCUT2D eigenvalue weighted by Crippen LogP contribution is 2.20. The van der Waals surface area contributed by atoms with E-state index >= 15 is 0 Å². The maximum Gasteiger partial charge on any atom is 0.334 e. The van der Waals surface area contributed by atoms with Gasteiger partial charge in [-0.05, 0) is 57.0 Å². The highest BCUT2D eigenvalue weighted by molar-refractivity contribution is 9.47. The van der Waals surface area contributed by atoms with E-state index < -0.39 is 16.8 Å². The summed E-state index contributed by atoms with van der Waals surface area (Å²) in [6.07, 6.45) is 1.87. The quantitative estimate of drug-likeness (QED) is 0.471. The molecule has 0 atom stereocenters. The van der Waals surface area contributed by atoms with Crippen molar-refractivity contribution in [2.75, 3.05) is 13.2 Å². The Morgan fingerprint density at radius 3 is 2.05 bits per heavy atom. The zero-order valence-electron chi connectivity index (χ0n) is 12.8. The van der Waals surface area contributed by atoms with E-state index in [0.717, 1.165) is 24.4 Å². The lowest BCUT2D eigenvalue weighted by molar-refractivity contribution is 0.188. The van der Waals surface area contributed by atoms with Crippen LogP contribution < -0.4 is 0 Å². The number of benzene rings is 1. The number of hydrogen-bond acceptors (Lipinski definition) is 4. The van der Waals surface area contributed by atoms with Crippen molar-refractivity contribution >= 4 is 31.6 Å². The summed E-state index contributed by atoms with van der Waals surface area (Å²) in [5, 5.41) is 0. The van der Waals surface area contributed by atoms with Gasteiger partial charge >= 0.3 is 8.56 Å². The van der Waals surface area contributed by atoms with E-state index in [1.165, 1.54) is 0 Å². The molecule has 0 spiro atoms. The van der Waals surface area contributed by atoms with Gasteiger partial charge in [-0.15, -0.1) is 0 Å². The maximum atomic E-state index is 11.3. The smallest absolute Gasteiger partial charge is 0.334 e. The van der Waals surface area contributed by atoms with Crippen LogP contribution in [0.2, 0.25) is 12.6 Å². The first-order valence-electron chi connectivity index (χ1n) is 7.12. The highest BCUT2D eigenvalue weighted by Gasteiger charge is 2.29. The molecule has 0 aliphatic heterocycles. The van der Waals surface area contributed by atoms with Crippen molar-refractivity contribution in [2.45, 2.75) is 44.2 Å². The molecule has 21 heavy (non-hydrogen) atoms. The van der Waals surface area contributed by atoms with Crippen LogP contribution in [0.15, 0.2) is 29.2 Å². The lowest BCUT2D eigenvalue weighted by Gasteiger charge is -2.25. The van der Waals surface area contributed by atoms with Gasteiger partial charge in [0.25, 0.3) is 0 Å². The highest BCUT2D eigenvalue weighted by atomic mass is 79.9. The molecule has 0 aliphatic rings. The topological polar surface area (TPSA) is 52.6 Å². The SMILES string of the molecule is CCO[Si](C)(CCCc1ccc(S(=O)(=O)Br)cc1)OCC. The van der Waals surface area contributed by atoms with Gasteiger partial charge in [-0.25, -0.2) is 8.42 Å². The van der Waals surface area contributed by atoms with Crippen molar-refractivity contribution in [2.24, 2.45) is 0 Å². The minimum Gasteiger partial charge on any atom is -0.395 e. The number of halogens is 1. The van der Waals surface area contributed by atoms with Crippen LogP contribution in [0.4, 0.5) is 0 Å². The molecule has 1 rings (SSSR count). The second kappa shape index (κ2) is 8.43. The third-order valence-corrected chi connectivity index (χ3v) is 8.22. The third-order valence-electron chi connectivity index (χ3n) is 3.20. The Bertz CT molecular complexity index is 524. The van der Waals surface area contributed by atoms with Gasteiger partial charge in [-0.1, -0.05) is 12.1 Å². The number of rotatable bonds is 9. The maximum absolute atomic E-state index is 11.3. The molecule has 0 heterocycles. The van der Waals surface area contributed by atoms with E-state index in [2.05, 4.69) is 21.4 Å². The van der Waals surface area contributed by atoms with Crippen molar-refractivity contribution in [1.82, 2.24) is 0 Å². The van der Waals surface area contributed by atoms with E-state index in [1.54, 1.807) is 12.1 Å². The van der Waals surface area contributed by atoms with Gasteiger partial charge in [0.1, 0.15) is 0 Å². The zero-order chi connectivity index (χ0) is 15.9. The van der Waals surface area contributed by atoms with E-state index in [1.807, 2.05) is 26.0 Å². The average Bonchev–Trinajstić information content (AvgIpc) is 2.39. The van der Waals surface area contributed by atoms with Crippen molar-refractivity contribution in [3.63, 3.8) is 0 Å². The summed E-state index contributed by atoms with van der Waals surface area (Å²) in [5.41, 5.74) is 1.12. The number of aryl methyl sites for hydroxylation is 1. The van der Waals surface area contributed by atoms with Crippen LogP contribution in [0, 0.1) is 0 Å². The average molecular weight is 395 g/mol. The Labute approximate surface area is 136 Å². The monoisotopic (exact) mass is 394 g/mol. The van der Waals surface area contributed by atoms with Crippen LogP contribution in [0.25, 0.3) is 0 Å². The Kier molecular flexibility index (Phi) is 7.56. The first-order chi connectivity index (χ1) is 9.80. The van der Waals surface area contributed by atoms with Gasteiger partial charge in [0.15, 0.2) is 0 Å². The fourth-order valence-electron chi connectivity index (χ4n) is 2.23. The van der Waals surface area contributed by atoms with Crippen LogP contribution in [-0.2, 0) is 23.5 Å². The Hall–Kier alpha value is -0.213. The summed E-state index contributed by atoms with van der Waals surface area (Å²) in [5.74, 6) is 0. The summed E-state index contributed by atoms with van der Waals surface area (Å²) in [4.78, 5) is 0.286. The standard InChI is InChI=1S/C14H23BrO4SSi/c1-4-18-21(3,19-5-2)12-6-7-13-8-10-14(11-9-13)20(15,16)17/h8-11H,4-7,12H2,1-3H3. The molecule has 0 unspecified atom stereocenters. The summed E-state index contributed by atoms with van der Waals surface area (Å²) in [6.45, 7) is 7.44. The molecule has 0 bridgehead atoms. The van der Waals surface area contributed by atoms with Gasteiger partial charge in [0, 0.05) is 13.2 Å². The minimum atomic E-state index is -3.30. The van der Waals surface area contributed by atoms with Crippen LogP contribution in [0.3, 0.4) is 0 Å². The van der Waals surface area contributed by atoms with Crippen molar-refractivity contribution in [3.05, 3.63) is 29.8 Å². The van der Waals surface area contributed by atoms with Crippen molar-refractivity contribution in [1.29, 1.82) is 0 Å². The first kappa shape index (κ1) is 18.8. The van der Waals surface area contributed by atoms with Crippen LogP contribution in [0.5, 0.6) is 0 Å². The molecule has 120 valence electrons. The summed E-state index contributed by atoms with van der Waals surface area (Å²) >= 11 is 2.67. The Morgan fingerprint density at radius 2 is 1.62 bits per heavy atom. The number of hydrogen-bond donors (Lipinski definition) is 0. The zero-order valence-corrected chi connectivity index (χ0v) is 16.2. The fraction of sp³-hybridized carbons (Fsp3) is 0.571. The normalized spacial score (nSPS) is 12.6. The van der Waals surface area contributed by atoms with Crippen LogP contribution >= 0.6 is 14.8 Å². The molecular weight excluding hydrogens is 372 g/mol. The van der Waals surface area contributed by atoms with Crippen molar-refractivity contribution in [3.8, 4) is 0 Å². The summed E-state index contributed by atoms with van der Waals surface area (Å²) in [7, 11) is -5.35. The second-order valence-electron chi connectivity index (χ2n) is 4.94. The molecule has 4 nitrogen and oxygen atoms in total. The predicted molar refractivity (Wildman–Crippen MR) is 90.6 cm³/mol. The molecule has 0 N–H and O–H groups in total. The molecule has 0 saturated heterocycles. The molecule has 0 radical (unpaired) electrons. The van der Waals surface area contributed by atoms with Gasteiger partial charge in [-0.2, -0.15) is 0 Å². The lowest BCUT2D eigenvalue weighted by atomic mass is 10.1. The molecule has 0 aromatic heterocycles. The van der Waals surface area contributed by atoms with Gasteiger partial charge in [0.05, 0.1) is 19.7 Å². The molecule has 1 aromatic rings. The Balaban J connectivity index is 2.55. The Morgan fingerprint density at radius 1 is 1.10 bits per heavy atom. The minimum absolute atomic E-state index is 0.286. The largest absolute Gasteiger partial charge is 0.395 e.